The Bertz CT molecular complexity index is 910. The largest absolute Gasteiger partial charge is 0.497 e. The van der Waals surface area contributed by atoms with Crippen LogP contribution in [0.4, 0.5) is 0 Å². The number of carbonyl (C=O) groups is 1. The van der Waals surface area contributed by atoms with Crippen molar-refractivity contribution in [3.63, 3.8) is 0 Å². The van der Waals surface area contributed by atoms with Gasteiger partial charge in [0.1, 0.15) is 5.75 Å². The van der Waals surface area contributed by atoms with E-state index in [1.54, 1.807) is 31.4 Å². The number of ether oxygens (including phenoxy) is 1. The average Bonchev–Trinajstić information content (AvgIpc) is 2.68. The van der Waals surface area contributed by atoms with Gasteiger partial charge in [-0.25, -0.2) is 8.42 Å². The summed E-state index contributed by atoms with van der Waals surface area (Å²) in [6.07, 6.45) is 0. The third-order valence-corrected chi connectivity index (χ3v) is 6.53. The van der Waals surface area contributed by atoms with Crippen LogP contribution >= 0.6 is 0 Å². The molecule has 0 radical (unpaired) electrons. The van der Waals surface area contributed by atoms with E-state index in [1.165, 1.54) is 7.05 Å². The van der Waals surface area contributed by atoms with Gasteiger partial charge < -0.3 is 15.0 Å². The first-order valence-corrected chi connectivity index (χ1v) is 10.7. The van der Waals surface area contributed by atoms with Gasteiger partial charge in [-0.2, -0.15) is 4.31 Å². The molecule has 1 atom stereocenters. The van der Waals surface area contributed by atoms with E-state index in [1.807, 2.05) is 50.2 Å². The second kappa shape index (κ2) is 9.87. The molecule has 8 heteroatoms. The number of sulfonamides is 1. The van der Waals surface area contributed by atoms with E-state index < -0.39 is 10.0 Å². The van der Waals surface area contributed by atoms with Gasteiger partial charge in [-0.15, -0.1) is 0 Å². The van der Waals surface area contributed by atoms with Gasteiger partial charge in [-0.1, -0.05) is 29.8 Å². The second-order valence-corrected chi connectivity index (χ2v) is 9.18. The first-order valence-electron chi connectivity index (χ1n) is 9.25. The van der Waals surface area contributed by atoms with Crippen molar-refractivity contribution >= 4 is 15.9 Å². The van der Waals surface area contributed by atoms with E-state index in [4.69, 9.17) is 4.74 Å². The molecule has 0 aliphatic heterocycles. The van der Waals surface area contributed by atoms with Crippen LogP contribution in [0.3, 0.4) is 0 Å². The van der Waals surface area contributed by atoms with Gasteiger partial charge in [0.05, 0.1) is 24.6 Å². The summed E-state index contributed by atoms with van der Waals surface area (Å²) in [5, 5.41) is 2.84. The average molecular weight is 420 g/mol. The zero-order valence-corrected chi connectivity index (χ0v) is 18.4. The van der Waals surface area contributed by atoms with E-state index in [2.05, 4.69) is 5.32 Å². The van der Waals surface area contributed by atoms with Crippen LogP contribution in [0.25, 0.3) is 0 Å². The summed E-state index contributed by atoms with van der Waals surface area (Å²) in [7, 11) is 3.15. The molecule has 0 fully saturated rings. The van der Waals surface area contributed by atoms with Crippen molar-refractivity contribution in [3.05, 3.63) is 59.7 Å². The minimum absolute atomic E-state index is 0.0520. The highest BCUT2D eigenvalue weighted by atomic mass is 32.2. The zero-order chi connectivity index (χ0) is 21.6. The summed E-state index contributed by atoms with van der Waals surface area (Å²) >= 11 is 0. The second-order valence-electron chi connectivity index (χ2n) is 7.13. The summed E-state index contributed by atoms with van der Waals surface area (Å²) < 4.78 is 31.5. The molecule has 0 bridgehead atoms. The lowest BCUT2D eigenvalue weighted by molar-refractivity contribution is -0.121. The van der Waals surface area contributed by atoms with Crippen LogP contribution in [0.15, 0.2) is 53.4 Å². The van der Waals surface area contributed by atoms with Crippen molar-refractivity contribution < 1.29 is 17.9 Å². The third-order valence-electron chi connectivity index (χ3n) is 4.71. The molecule has 1 N–H and O–H groups in total. The Morgan fingerprint density at radius 2 is 1.62 bits per heavy atom. The lowest BCUT2D eigenvalue weighted by Gasteiger charge is -2.26. The number of amides is 1. The monoisotopic (exact) mass is 419 g/mol. The minimum atomic E-state index is -3.72. The minimum Gasteiger partial charge on any atom is -0.497 e. The van der Waals surface area contributed by atoms with Crippen molar-refractivity contribution in [1.29, 1.82) is 0 Å². The number of hydrogen-bond donors (Lipinski definition) is 1. The van der Waals surface area contributed by atoms with Gasteiger partial charge in [0.2, 0.25) is 15.9 Å². The number of carbonyl (C=O) groups excluding carboxylic acids is 1. The molecule has 2 aromatic rings. The zero-order valence-electron chi connectivity index (χ0n) is 17.5. The highest BCUT2D eigenvalue weighted by molar-refractivity contribution is 7.89. The molecule has 0 saturated heterocycles. The van der Waals surface area contributed by atoms with Crippen LogP contribution in [-0.2, 0) is 14.8 Å². The molecular weight excluding hydrogens is 390 g/mol. The molecule has 1 amide bonds. The number of aryl methyl sites for hydroxylation is 1. The van der Waals surface area contributed by atoms with E-state index in [9.17, 15) is 13.2 Å². The Morgan fingerprint density at radius 1 is 1.03 bits per heavy atom. The van der Waals surface area contributed by atoms with Gasteiger partial charge >= 0.3 is 0 Å². The third kappa shape index (κ3) is 6.03. The molecular formula is C21H29N3O4S. The molecule has 2 rings (SSSR count). The number of benzene rings is 2. The number of methoxy groups -OCH3 is 1. The highest BCUT2D eigenvalue weighted by Crippen LogP contribution is 2.21. The van der Waals surface area contributed by atoms with Gasteiger partial charge in [-0.05, 0) is 50.8 Å². The standard InChI is InChI=1S/C21H29N3O4S/c1-16-6-12-19(13-7-16)29(26,27)24(4)15-21(25)22-14-20(23(2)3)17-8-10-18(28-5)11-9-17/h6-13,20H,14-15H2,1-5H3,(H,22,25). The molecule has 1 unspecified atom stereocenters. The normalized spacial score (nSPS) is 12.8. The van der Waals surface area contributed by atoms with Crippen LogP contribution in [0.1, 0.15) is 17.2 Å². The summed E-state index contributed by atoms with van der Waals surface area (Å²) in [6, 6.07) is 14.1. The molecule has 29 heavy (non-hydrogen) atoms. The topological polar surface area (TPSA) is 79.0 Å². The Morgan fingerprint density at radius 3 is 2.14 bits per heavy atom. The van der Waals surface area contributed by atoms with Crippen molar-refractivity contribution in [2.24, 2.45) is 0 Å². The first-order chi connectivity index (χ1) is 13.6. The molecule has 158 valence electrons. The smallest absolute Gasteiger partial charge is 0.243 e. The molecule has 0 aromatic heterocycles. The van der Waals surface area contributed by atoms with Crippen LogP contribution < -0.4 is 10.1 Å². The van der Waals surface area contributed by atoms with Gasteiger partial charge in [-0.3, -0.25) is 4.79 Å². The fraction of sp³-hybridized carbons (Fsp3) is 0.381. The SMILES string of the molecule is COc1ccc(C(CNC(=O)CN(C)S(=O)(=O)c2ccc(C)cc2)N(C)C)cc1. The molecule has 0 heterocycles. The Balaban J connectivity index is 2.00. The van der Waals surface area contributed by atoms with Crippen LogP contribution in [0, 0.1) is 6.92 Å². The van der Waals surface area contributed by atoms with E-state index in [-0.39, 0.29) is 23.4 Å². The lowest BCUT2D eigenvalue weighted by atomic mass is 10.1. The maximum atomic E-state index is 12.6. The number of hydrogen-bond acceptors (Lipinski definition) is 5. The fourth-order valence-corrected chi connectivity index (χ4v) is 4.00. The summed E-state index contributed by atoms with van der Waals surface area (Å²) in [6.45, 7) is 1.99. The van der Waals surface area contributed by atoms with Crippen molar-refractivity contribution in [2.45, 2.75) is 17.9 Å². The highest BCUT2D eigenvalue weighted by Gasteiger charge is 2.23. The Kier molecular flexibility index (Phi) is 7.78. The molecule has 7 nitrogen and oxygen atoms in total. The predicted molar refractivity (Wildman–Crippen MR) is 113 cm³/mol. The van der Waals surface area contributed by atoms with E-state index in [0.717, 1.165) is 21.2 Å². The maximum absolute atomic E-state index is 12.6. The van der Waals surface area contributed by atoms with Crippen LogP contribution in [0.2, 0.25) is 0 Å². The fourth-order valence-electron chi connectivity index (χ4n) is 2.87. The number of nitrogens with zero attached hydrogens (tertiary/aromatic N) is 2. The van der Waals surface area contributed by atoms with Gasteiger partial charge in [0.15, 0.2) is 0 Å². The maximum Gasteiger partial charge on any atom is 0.243 e. The van der Waals surface area contributed by atoms with Crippen LogP contribution in [0.5, 0.6) is 5.75 Å². The van der Waals surface area contributed by atoms with Crippen molar-refractivity contribution in [3.8, 4) is 5.75 Å². The predicted octanol–water partition coefficient (Wildman–Crippen LogP) is 2.04. The van der Waals surface area contributed by atoms with Crippen molar-refractivity contribution in [2.75, 3.05) is 41.3 Å². The molecule has 0 saturated carbocycles. The molecule has 0 spiro atoms. The van der Waals surface area contributed by atoms with Gasteiger partial charge in [0, 0.05) is 13.6 Å². The molecule has 2 aromatic carbocycles. The van der Waals surface area contributed by atoms with E-state index >= 15 is 0 Å². The quantitative estimate of drug-likeness (QED) is 0.673. The summed E-state index contributed by atoms with van der Waals surface area (Å²) in [4.78, 5) is 14.6. The Hall–Kier alpha value is -2.42. The van der Waals surface area contributed by atoms with Crippen LogP contribution in [-0.4, -0.2) is 64.9 Å². The number of rotatable bonds is 9. The summed E-state index contributed by atoms with van der Waals surface area (Å²) in [5.41, 5.74) is 1.99. The van der Waals surface area contributed by atoms with Gasteiger partial charge in [0.25, 0.3) is 0 Å². The lowest BCUT2D eigenvalue weighted by Crippen LogP contribution is -2.41. The summed E-state index contributed by atoms with van der Waals surface area (Å²) in [5.74, 6) is 0.404. The Labute approximate surface area is 173 Å². The molecule has 0 aliphatic carbocycles. The number of likely N-dealkylation sites (N-methyl/N-ethyl adjacent to an activating group) is 2. The van der Waals surface area contributed by atoms with Crippen molar-refractivity contribution in [1.82, 2.24) is 14.5 Å². The first kappa shape index (κ1) is 22.9. The number of nitrogens with one attached hydrogen (secondary N) is 1. The molecule has 0 aliphatic rings. The van der Waals surface area contributed by atoms with E-state index in [0.29, 0.717) is 6.54 Å².